The summed E-state index contributed by atoms with van der Waals surface area (Å²) in [5.74, 6) is -0.0205. The quantitative estimate of drug-likeness (QED) is 0.491. The first kappa shape index (κ1) is 15.1. The van der Waals surface area contributed by atoms with Gasteiger partial charge in [-0.3, -0.25) is 4.79 Å². The number of isothiocyanates is 1. The van der Waals surface area contributed by atoms with Crippen LogP contribution in [0.2, 0.25) is 0 Å². The van der Waals surface area contributed by atoms with Gasteiger partial charge < -0.3 is 5.32 Å². The highest BCUT2D eigenvalue weighted by molar-refractivity contribution is 7.78. The summed E-state index contributed by atoms with van der Waals surface area (Å²) in [5, 5.41) is 4.53. The third-order valence-corrected chi connectivity index (χ3v) is 2.11. The van der Waals surface area contributed by atoms with Gasteiger partial charge >= 0.3 is 0 Å². The third kappa shape index (κ3) is 7.09. The van der Waals surface area contributed by atoms with Gasteiger partial charge in [0.1, 0.15) is 0 Å². The van der Waals surface area contributed by atoms with Crippen molar-refractivity contribution in [1.82, 2.24) is 5.32 Å². The Bertz CT molecular complexity index is 272. The average molecular weight is 290 g/mol. The van der Waals surface area contributed by atoms with Crippen LogP contribution in [-0.2, 0) is 4.79 Å². The Balaban J connectivity index is 4.43. The van der Waals surface area contributed by atoms with E-state index in [-0.39, 0.29) is 11.8 Å². The highest BCUT2D eigenvalue weighted by Gasteiger charge is 2.33. The van der Waals surface area contributed by atoms with Gasteiger partial charge in [0.05, 0.1) is 5.16 Å². The number of thiocarbonyl (C=S) groups is 1. The lowest BCUT2D eigenvalue weighted by atomic mass is 10.1. The monoisotopic (exact) mass is 288 g/mol. The molecule has 0 saturated heterocycles. The summed E-state index contributed by atoms with van der Waals surface area (Å²) < 4.78 is -1.72. The Morgan fingerprint density at radius 2 is 2.07 bits per heavy atom. The average Bonchev–Trinajstić information content (AvgIpc) is 2.00. The lowest BCUT2D eigenvalue weighted by Gasteiger charge is -2.20. The Labute approximate surface area is 109 Å². The summed E-state index contributed by atoms with van der Waals surface area (Å²) in [6.45, 7) is 3.82. The van der Waals surface area contributed by atoms with E-state index in [4.69, 9.17) is 34.8 Å². The predicted molar refractivity (Wildman–Crippen MR) is 66.7 cm³/mol. The molecular weight excluding hydrogens is 279 g/mol. The second-order valence-electron chi connectivity index (χ2n) is 3.33. The number of rotatable bonds is 4. The van der Waals surface area contributed by atoms with Crippen LogP contribution in [0.15, 0.2) is 4.99 Å². The second kappa shape index (κ2) is 6.66. The van der Waals surface area contributed by atoms with Gasteiger partial charge in [-0.15, -0.1) is 0 Å². The fraction of sp³-hybridized carbons (Fsp3) is 0.750. The van der Waals surface area contributed by atoms with Crippen LogP contribution in [0.3, 0.4) is 0 Å². The minimum Gasteiger partial charge on any atom is -0.330 e. The van der Waals surface area contributed by atoms with Crippen molar-refractivity contribution in [1.29, 1.82) is 0 Å². The molecule has 0 rings (SSSR count). The van der Waals surface area contributed by atoms with Crippen molar-refractivity contribution in [2.24, 2.45) is 10.9 Å². The molecular formula is C8H11Cl3N2OS. The molecule has 1 amide bonds. The molecule has 7 heteroatoms. The maximum atomic E-state index is 11.4. The SMILES string of the molecule is CC(C)CC(=O)N[C@H](N=C=S)C(Cl)(Cl)Cl. The number of carbonyl (C=O) groups excluding carboxylic acids is 1. The molecule has 3 nitrogen and oxygen atoms in total. The van der Waals surface area contributed by atoms with E-state index >= 15 is 0 Å². The summed E-state index contributed by atoms with van der Waals surface area (Å²) in [6, 6.07) is 0. The van der Waals surface area contributed by atoms with E-state index in [0.29, 0.717) is 6.42 Å². The number of hydrogen-bond acceptors (Lipinski definition) is 3. The zero-order valence-corrected chi connectivity index (χ0v) is 11.3. The maximum Gasteiger partial charge on any atom is 0.231 e. The Kier molecular flexibility index (Phi) is 6.73. The van der Waals surface area contributed by atoms with Crippen molar-refractivity contribution in [3.05, 3.63) is 0 Å². The van der Waals surface area contributed by atoms with Crippen molar-refractivity contribution in [2.75, 3.05) is 0 Å². The number of amides is 1. The molecule has 0 aliphatic carbocycles. The lowest BCUT2D eigenvalue weighted by Crippen LogP contribution is -2.42. The van der Waals surface area contributed by atoms with Gasteiger partial charge in [0.25, 0.3) is 0 Å². The van der Waals surface area contributed by atoms with Crippen molar-refractivity contribution < 1.29 is 4.79 Å². The van der Waals surface area contributed by atoms with Crippen LogP contribution in [-0.4, -0.2) is 21.0 Å². The second-order valence-corrected chi connectivity index (χ2v) is 5.88. The van der Waals surface area contributed by atoms with E-state index < -0.39 is 9.96 Å². The van der Waals surface area contributed by atoms with E-state index in [9.17, 15) is 4.79 Å². The number of aliphatic imine (C=N–C) groups is 1. The molecule has 0 spiro atoms. The topological polar surface area (TPSA) is 41.5 Å². The fourth-order valence-corrected chi connectivity index (χ4v) is 1.24. The first-order chi connectivity index (χ1) is 6.77. The van der Waals surface area contributed by atoms with Crippen molar-refractivity contribution in [2.45, 2.75) is 30.2 Å². The molecule has 0 aromatic carbocycles. The van der Waals surface area contributed by atoms with Crippen LogP contribution in [0, 0.1) is 5.92 Å². The van der Waals surface area contributed by atoms with Crippen molar-refractivity contribution in [3.63, 3.8) is 0 Å². The smallest absolute Gasteiger partial charge is 0.231 e. The number of alkyl halides is 3. The van der Waals surface area contributed by atoms with Gasteiger partial charge in [-0.2, -0.15) is 0 Å². The lowest BCUT2D eigenvalue weighted by molar-refractivity contribution is -0.122. The van der Waals surface area contributed by atoms with E-state index in [0.717, 1.165) is 0 Å². The third-order valence-electron chi connectivity index (χ3n) is 1.38. The van der Waals surface area contributed by atoms with Crippen LogP contribution in [0.4, 0.5) is 0 Å². The normalized spacial score (nSPS) is 13.2. The van der Waals surface area contributed by atoms with Gasteiger partial charge in [0.15, 0.2) is 6.17 Å². The molecule has 0 aliphatic rings. The Morgan fingerprint density at radius 3 is 2.40 bits per heavy atom. The van der Waals surface area contributed by atoms with E-state index in [2.05, 4.69) is 27.7 Å². The minimum absolute atomic E-state index is 0.220. The van der Waals surface area contributed by atoms with Crippen molar-refractivity contribution in [3.8, 4) is 0 Å². The molecule has 86 valence electrons. The first-order valence-electron chi connectivity index (χ1n) is 4.20. The molecule has 0 bridgehead atoms. The van der Waals surface area contributed by atoms with Gasteiger partial charge in [0.2, 0.25) is 9.70 Å². The van der Waals surface area contributed by atoms with Gasteiger partial charge in [-0.05, 0) is 18.1 Å². The first-order valence-corrected chi connectivity index (χ1v) is 5.74. The van der Waals surface area contributed by atoms with Crippen LogP contribution in [0.25, 0.3) is 0 Å². The van der Waals surface area contributed by atoms with Gasteiger partial charge in [-0.25, -0.2) is 4.99 Å². The van der Waals surface area contributed by atoms with Crippen molar-refractivity contribution >= 4 is 58.1 Å². The molecule has 0 aromatic rings. The number of nitrogens with zero attached hydrogens (tertiary/aromatic N) is 1. The van der Waals surface area contributed by atoms with Crippen LogP contribution in [0.5, 0.6) is 0 Å². The molecule has 0 heterocycles. The van der Waals surface area contributed by atoms with E-state index in [1.807, 2.05) is 13.8 Å². The Hall–Kier alpha value is 0.140. The van der Waals surface area contributed by atoms with Gasteiger partial charge in [-0.1, -0.05) is 48.7 Å². The molecule has 0 unspecified atom stereocenters. The largest absolute Gasteiger partial charge is 0.330 e. The van der Waals surface area contributed by atoms with E-state index in [1.165, 1.54) is 0 Å². The number of nitrogens with one attached hydrogen (secondary N) is 1. The molecule has 0 fully saturated rings. The molecule has 1 N–H and O–H groups in total. The summed E-state index contributed by atoms with van der Waals surface area (Å²) in [6.07, 6.45) is -0.657. The summed E-state index contributed by atoms with van der Waals surface area (Å²) in [5.41, 5.74) is 0. The molecule has 0 saturated carbocycles. The molecule has 0 radical (unpaired) electrons. The predicted octanol–water partition coefficient (Wildman–Crippen LogP) is 2.95. The molecule has 15 heavy (non-hydrogen) atoms. The fourth-order valence-electron chi connectivity index (χ4n) is 0.822. The standard InChI is InChI=1S/C8H11Cl3N2OS/c1-5(2)3-6(14)13-7(12-4-15)8(9,10)11/h5,7H,3H2,1-2H3,(H,13,14)/t7-/m0/s1. The molecule has 0 aromatic heterocycles. The van der Waals surface area contributed by atoms with Crippen LogP contribution >= 0.6 is 47.0 Å². The number of hydrogen-bond donors (Lipinski definition) is 1. The molecule has 1 atom stereocenters. The maximum absolute atomic E-state index is 11.4. The zero-order chi connectivity index (χ0) is 12.1. The zero-order valence-electron chi connectivity index (χ0n) is 8.26. The number of halogens is 3. The summed E-state index contributed by atoms with van der Waals surface area (Å²) in [4.78, 5) is 15.0. The highest BCUT2D eigenvalue weighted by Crippen LogP contribution is 2.30. The summed E-state index contributed by atoms with van der Waals surface area (Å²) in [7, 11) is 0. The van der Waals surface area contributed by atoms with Crippen LogP contribution in [0.1, 0.15) is 20.3 Å². The minimum atomic E-state index is -1.72. The molecule has 0 aliphatic heterocycles. The van der Waals surface area contributed by atoms with E-state index in [1.54, 1.807) is 0 Å². The van der Waals surface area contributed by atoms with Crippen LogP contribution < -0.4 is 5.32 Å². The number of carbonyl (C=O) groups is 1. The van der Waals surface area contributed by atoms with Gasteiger partial charge in [0, 0.05) is 6.42 Å². The Morgan fingerprint density at radius 1 is 1.53 bits per heavy atom. The highest BCUT2D eigenvalue weighted by atomic mass is 35.6. The summed E-state index contributed by atoms with van der Waals surface area (Å²) >= 11 is 21.2.